The van der Waals surface area contributed by atoms with Gasteiger partial charge in [0.1, 0.15) is 12.4 Å². The van der Waals surface area contributed by atoms with Gasteiger partial charge in [0.25, 0.3) is 0 Å². The van der Waals surface area contributed by atoms with Crippen molar-refractivity contribution < 1.29 is 14.2 Å². The minimum absolute atomic E-state index is 0.584. The molecule has 2 aromatic carbocycles. The van der Waals surface area contributed by atoms with Crippen LogP contribution in [0.1, 0.15) is 11.1 Å². The molecule has 0 aromatic heterocycles. The summed E-state index contributed by atoms with van der Waals surface area (Å²) >= 11 is 0. The van der Waals surface area contributed by atoms with Crippen LogP contribution in [0.2, 0.25) is 0 Å². The maximum atomic E-state index is 5.74. The van der Waals surface area contributed by atoms with Crippen LogP contribution < -0.4 is 4.74 Å². The number of morpholine rings is 1. The average molecular weight is 341 g/mol. The number of rotatable bonds is 9. The van der Waals surface area contributed by atoms with Crippen molar-refractivity contribution in [3.8, 4) is 5.75 Å². The van der Waals surface area contributed by atoms with Gasteiger partial charge in [0.05, 0.1) is 26.4 Å². The summed E-state index contributed by atoms with van der Waals surface area (Å²) in [5, 5.41) is 0. The fraction of sp³-hybridized carbons (Fsp3) is 0.429. The molecule has 0 N–H and O–H groups in total. The Balaban J connectivity index is 1.29. The maximum absolute atomic E-state index is 5.74. The lowest BCUT2D eigenvalue weighted by atomic mass is 10.1. The summed E-state index contributed by atoms with van der Waals surface area (Å²) in [5.41, 5.74) is 2.62. The zero-order chi connectivity index (χ0) is 17.2. The van der Waals surface area contributed by atoms with E-state index in [9.17, 15) is 0 Å². The number of benzene rings is 2. The molecule has 1 aliphatic rings. The number of hydrogen-bond donors (Lipinski definition) is 0. The van der Waals surface area contributed by atoms with Crippen molar-refractivity contribution in [3.05, 3.63) is 65.7 Å². The fourth-order valence-electron chi connectivity index (χ4n) is 2.87. The van der Waals surface area contributed by atoms with Crippen molar-refractivity contribution >= 4 is 0 Å². The van der Waals surface area contributed by atoms with Gasteiger partial charge in [0.2, 0.25) is 0 Å². The van der Waals surface area contributed by atoms with Gasteiger partial charge in [-0.25, -0.2) is 0 Å². The Bertz CT molecular complexity index is 594. The standard InChI is InChI=1S/C21H27NO3/c1-2-4-19(5-3-1)18-20-6-8-21(9-7-20)25-17-16-24-15-12-22-10-13-23-14-11-22/h1-9H,10-18H2. The van der Waals surface area contributed by atoms with E-state index in [-0.39, 0.29) is 0 Å². The van der Waals surface area contributed by atoms with E-state index in [0.717, 1.165) is 51.6 Å². The summed E-state index contributed by atoms with van der Waals surface area (Å²) in [6, 6.07) is 18.8. The number of hydrogen-bond acceptors (Lipinski definition) is 4. The molecular formula is C21H27NO3. The highest BCUT2D eigenvalue weighted by Gasteiger charge is 2.09. The third-order valence-electron chi connectivity index (χ3n) is 4.33. The highest BCUT2D eigenvalue weighted by Crippen LogP contribution is 2.15. The maximum Gasteiger partial charge on any atom is 0.119 e. The lowest BCUT2D eigenvalue weighted by molar-refractivity contribution is 0.0170. The molecule has 0 radical (unpaired) electrons. The molecule has 4 nitrogen and oxygen atoms in total. The lowest BCUT2D eigenvalue weighted by Gasteiger charge is -2.26. The van der Waals surface area contributed by atoms with E-state index in [4.69, 9.17) is 14.2 Å². The van der Waals surface area contributed by atoms with Crippen LogP contribution in [-0.2, 0) is 15.9 Å². The lowest BCUT2D eigenvalue weighted by Crippen LogP contribution is -2.38. The topological polar surface area (TPSA) is 30.9 Å². The molecule has 4 heteroatoms. The van der Waals surface area contributed by atoms with Crippen LogP contribution in [0.25, 0.3) is 0 Å². The van der Waals surface area contributed by atoms with E-state index in [1.54, 1.807) is 0 Å². The fourth-order valence-corrected chi connectivity index (χ4v) is 2.87. The van der Waals surface area contributed by atoms with Crippen molar-refractivity contribution in [1.82, 2.24) is 4.90 Å². The van der Waals surface area contributed by atoms with Crippen molar-refractivity contribution in [3.63, 3.8) is 0 Å². The van der Waals surface area contributed by atoms with Crippen LogP contribution in [0, 0.1) is 0 Å². The molecule has 0 aliphatic carbocycles. The Morgan fingerprint density at radius 3 is 2.28 bits per heavy atom. The molecule has 0 atom stereocenters. The predicted octanol–water partition coefficient (Wildman–Crippen LogP) is 3.01. The molecule has 3 rings (SSSR count). The SMILES string of the molecule is c1ccc(Cc2ccc(OCCOCCN3CCOCC3)cc2)cc1. The van der Waals surface area contributed by atoms with Gasteiger partial charge in [-0.3, -0.25) is 4.90 Å². The van der Waals surface area contributed by atoms with Crippen molar-refractivity contribution in [2.45, 2.75) is 6.42 Å². The van der Waals surface area contributed by atoms with Gasteiger partial charge < -0.3 is 14.2 Å². The minimum atomic E-state index is 0.584. The van der Waals surface area contributed by atoms with Gasteiger partial charge in [-0.1, -0.05) is 42.5 Å². The molecular weight excluding hydrogens is 314 g/mol. The second kappa shape index (κ2) is 10.2. The largest absolute Gasteiger partial charge is 0.491 e. The molecule has 0 spiro atoms. The van der Waals surface area contributed by atoms with E-state index >= 15 is 0 Å². The van der Waals surface area contributed by atoms with Crippen LogP contribution in [-0.4, -0.2) is 57.6 Å². The summed E-state index contributed by atoms with van der Waals surface area (Å²) in [7, 11) is 0. The van der Waals surface area contributed by atoms with Crippen LogP contribution in [0.5, 0.6) is 5.75 Å². The van der Waals surface area contributed by atoms with Crippen molar-refractivity contribution in [2.75, 3.05) is 52.7 Å². The van der Waals surface area contributed by atoms with E-state index < -0.39 is 0 Å². The molecule has 2 aromatic rings. The second-order valence-corrected chi connectivity index (χ2v) is 6.22. The molecule has 0 unspecified atom stereocenters. The first kappa shape index (κ1) is 17.9. The van der Waals surface area contributed by atoms with Crippen molar-refractivity contribution in [1.29, 1.82) is 0 Å². The van der Waals surface area contributed by atoms with E-state index in [1.165, 1.54) is 11.1 Å². The summed E-state index contributed by atoms with van der Waals surface area (Å²) in [6.45, 7) is 6.62. The molecule has 1 saturated heterocycles. The van der Waals surface area contributed by atoms with Crippen LogP contribution >= 0.6 is 0 Å². The molecule has 1 aliphatic heterocycles. The van der Waals surface area contributed by atoms with Gasteiger partial charge in [-0.2, -0.15) is 0 Å². The van der Waals surface area contributed by atoms with E-state index in [2.05, 4.69) is 41.3 Å². The first-order valence-electron chi connectivity index (χ1n) is 9.04. The zero-order valence-corrected chi connectivity index (χ0v) is 14.7. The van der Waals surface area contributed by atoms with Crippen LogP contribution in [0.3, 0.4) is 0 Å². The number of ether oxygens (including phenoxy) is 3. The number of nitrogens with zero attached hydrogens (tertiary/aromatic N) is 1. The molecule has 1 heterocycles. The first-order chi connectivity index (χ1) is 12.4. The Morgan fingerprint density at radius 1 is 0.800 bits per heavy atom. The second-order valence-electron chi connectivity index (χ2n) is 6.22. The molecule has 0 amide bonds. The molecule has 0 saturated carbocycles. The van der Waals surface area contributed by atoms with E-state index in [1.807, 2.05) is 18.2 Å². The third kappa shape index (κ3) is 6.50. The first-order valence-corrected chi connectivity index (χ1v) is 9.04. The van der Waals surface area contributed by atoms with Gasteiger partial charge in [-0.15, -0.1) is 0 Å². The summed E-state index contributed by atoms with van der Waals surface area (Å²) in [4.78, 5) is 2.37. The van der Waals surface area contributed by atoms with Crippen LogP contribution in [0.4, 0.5) is 0 Å². The Kier molecular flexibility index (Phi) is 7.31. The van der Waals surface area contributed by atoms with Crippen molar-refractivity contribution in [2.24, 2.45) is 0 Å². The third-order valence-corrected chi connectivity index (χ3v) is 4.33. The Labute approximate surface area is 150 Å². The molecule has 25 heavy (non-hydrogen) atoms. The van der Waals surface area contributed by atoms with Gasteiger partial charge in [-0.05, 0) is 29.7 Å². The summed E-state index contributed by atoms with van der Waals surface area (Å²) < 4.78 is 16.7. The summed E-state index contributed by atoms with van der Waals surface area (Å²) in [6.07, 6.45) is 0.950. The van der Waals surface area contributed by atoms with Gasteiger partial charge in [0.15, 0.2) is 0 Å². The normalized spacial score (nSPS) is 15.2. The Morgan fingerprint density at radius 2 is 1.52 bits per heavy atom. The van der Waals surface area contributed by atoms with Crippen LogP contribution in [0.15, 0.2) is 54.6 Å². The molecule has 0 bridgehead atoms. The highest BCUT2D eigenvalue weighted by atomic mass is 16.5. The zero-order valence-electron chi connectivity index (χ0n) is 14.7. The highest BCUT2D eigenvalue weighted by molar-refractivity contribution is 5.31. The minimum Gasteiger partial charge on any atom is -0.491 e. The van der Waals surface area contributed by atoms with Gasteiger partial charge >= 0.3 is 0 Å². The smallest absolute Gasteiger partial charge is 0.119 e. The Hall–Kier alpha value is -1.88. The monoisotopic (exact) mass is 341 g/mol. The quantitative estimate of drug-likeness (QED) is 0.656. The summed E-state index contributed by atoms with van der Waals surface area (Å²) in [5.74, 6) is 0.897. The molecule has 134 valence electrons. The molecule has 1 fully saturated rings. The van der Waals surface area contributed by atoms with Gasteiger partial charge in [0, 0.05) is 19.6 Å². The average Bonchev–Trinajstić information content (AvgIpc) is 2.67. The predicted molar refractivity (Wildman–Crippen MR) is 99.3 cm³/mol. The van der Waals surface area contributed by atoms with E-state index in [0.29, 0.717) is 13.2 Å².